The van der Waals surface area contributed by atoms with Gasteiger partial charge in [-0.25, -0.2) is 9.18 Å². The second kappa shape index (κ2) is 6.67. The molecular formula is C17H14FNO3. The summed E-state index contributed by atoms with van der Waals surface area (Å²) in [6.45, 7) is 1.77. The Labute approximate surface area is 126 Å². The molecular weight excluding hydrogens is 285 g/mol. The molecule has 0 aromatic heterocycles. The number of aryl methyl sites for hydroxylation is 1. The summed E-state index contributed by atoms with van der Waals surface area (Å²) in [7, 11) is 0. The number of carbonyl (C=O) groups excluding carboxylic acids is 1. The zero-order valence-electron chi connectivity index (χ0n) is 11.8. The fraction of sp³-hybridized carbons (Fsp3) is 0.0588. The van der Waals surface area contributed by atoms with Gasteiger partial charge in [0.25, 0.3) is 0 Å². The summed E-state index contributed by atoms with van der Waals surface area (Å²) in [6, 6.07) is 9.93. The average molecular weight is 299 g/mol. The third kappa shape index (κ3) is 3.79. The first-order valence-electron chi connectivity index (χ1n) is 6.54. The quantitative estimate of drug-likeness (QED) is 0.653. The Kier molecular flexibility index (Phi) is 4.68. The molecule has 0 heterocycles. The number of rotatable bonds is 5. The van der Waals surface area contributed by atoms with E-state index in [0.717, 1.165) is 5.56 Å². The molecule has 0 aliphatic carbocycles. The molecule has 2 N–H and O–H groups in total. The van der Waals surface area contributed by atoms with Gasteiger partial charge in [0.2, 0.25) is 0 Å². The number of hydrogen-bond acceptors (Lipinski definition) is 3. The monoisotopic (exact) mass is 299 g/mol. The van der Waals surface area contributed by atoms with Gasteiger partial charge in [0, 0.05) is 23.5 Å². The summed E-state index contributed by atoms with van der Waals surface area (Å²) in [6.07, 6.45) is 2.80. The minimum absolute atomic E-state index is 0.203. The molecule has 0 saturated carbocycles. The predicted molar refractivity (Wildman–Crippen MR) is 81.6 cm³/mol. The normalized spacial score (nSPS) is 10.6. The molecule has 0 unspecified atom stereocenters. The Bertz CT molecular complexity index is 736. The van der Waals surface area contributed by atoms with Crippen molar-refractivity contribution >= 4 is 17.4 Å². The summed E-state index contributed by atoms with van der Waals surface area (Å²) >= 11 is 0. The summed E-state index contributed by atoms with van der Waals surface area (Å²) in [4.78, 5) is 22.7. The van der Waals surface area contributed by atoms with Crippen LogP contribution in [-0.2, 0) is 0 Å². The smallest absolute Gasteiger partial charge is 0.335 e. The first kappa shape index (κ1) is 15.4. The van der Waals surface area contributed by atoms with Gasteiger partial charge in [0.05, 0.1) is 5.56 Å². The lowest BCUT2D eigenvalue weighted by Crippen LogP contribution is -2.00. The van der Waals surface area contributed by atoms with Crippen LogP contribution >= 0.6 is 0 Å². The van der Waals surface area contributed by atoms with Gasteiger partial charge < -0.3 is 10.4 Å². The minimum Gasteiger partial charge on any atom is -0.478 e. The maximum Gasteiger partial charge on any atom is 0.335 e. The van der Waals surface area contributed by atoms with Crippen molar-refractivity contribution in [2.24, 2.45) is 0 Å². The van der Waals surface area contributed by atoms with Gasteiger partial charge in [0.15, 0.2) is 5.78 Å². The van der Waals surface area contributed by atoms with E-state index < -0.39 is 11.8 Å². The summed E-state index contributed by atoms with van der Waals surface area (Å²) < 4.78 is 12.8. The fourth-order valence-electron chi connectivity index (χ4n) is 1.88. The summed E-state index contributed by atoms with van der Waals surface area (Å²) in [5, 5.41) is 11.8. The molecule has 4 nitrogen and oxygen atoms in total. The Morgan fingerprint density at radius 1 is 1.09 bits per heavy atom. The van der Waals surface area contributed by atoms with Crippen LogP contribution in [0.2, 0.25) is 0 Å². The van der Waals surface area contributed by atoms with Crippen LogP contribution in [0.5, 0.6) is 0 Å². The minimum atomic E-state index is -0.989. The van der Waals surface area contributed by atoms with Crippen LogP contribution in [0.1, 0.15) is 26.3 Å². The topological polar surface area (TPSA) is 66.4 Å². The van der Waals surface area contributed by atoms with Crippen LogP contribution in [0.25, 0.3) is 0 Å². The van der Waals surface area contributed by atoms with E-state index >= 15 is 0 Å². The van der Waals surface area contributed by atoms with Crippen LogP contribution in [0, 0.1) is 12.7 Å². The Hall–Kier alpha value is -2.95. The van der Waals surface area contributed by atoms with Crippen molar-refractivity contribution < 1.29 is 19.1 Å². The van der Waals surface area contributed by atoms with Gasteiger partial charge in [-0.05, 0) is 55.0 Å². The summed E-state index contributed by atoms with van der Waals surface area (Å²) in [5.41, 5.74) is 2.04. The molecule has 112 valence electrons. The second-order valence-corrected chi connectivity index (χ2v) is 4.68. The van der Waals surface area contributed by atoms with Crippen molar-refractivity contribution in [2.45, 2.75) is 6.92 Å². The fourth-order valence-corrected chi connectivity index (χ4v) is 1.88. The van der Waals surface area contributed by atoms with E-state index in [2.05, 4.69) is 5.32 Å². The van der Waals surface area contributed by atoms with Crippen LogP contribution in [0.3, 0.4) is 0 Å². The number of anilines is 1. The van der Waals surface area contributed by atoms with Gasteiger partial charge in [-0.3, -0.25) is 4.79 Å². The first-order valence-corrected chi connectivity index (χ1v) is 6.54. The maximum atomic E-state index is 12.8. The van der Waals surface area contributed by atoms with E-state index in [-0.39, 0.29) is 11.3 Å². The second-order valence-electron chi connectivity index (χ2n) is 4.68. The standard InChI is InChI=1S/C17H14FNO3/c1-11-10-13(17(21)22)4-7-15(11)19-9-8-16(20)12-2-5-14(18)6-3-12/h2-10,19H,1H3,(H,21,22)/b9-8+. The number of halogens is 1. The van der Waals surface area contributed by atoms with Crippen molar-refractivity contribution in [3.05, 3.63) is 77.2 Å². The molecule has 0 radical (unpaired) electrons. The van der Waals surface area contributed by atoms with Crippen molar-refractivity contribution in [3.8, 4) is 0 Å². The Balaban J connectivity index is 2.04. The van der Waals surface area contributed by atoms with Crippen molar-refractivity contribution in [1.82, 2.24) is 0 Å². The highest BCUT2D eigenvalue weighted by Crippen LogP contribution is 2.16. The number of carboxylic acids is 1. The molecule has 2 aromatic rings. The molecule has 0 bridgehead atoms. The molecule has 5 heteroatoms. The molecule has 2 aromatic carbocycles. The van der Waals surface area contributed by atoms with Gasteiger partial charge in [-0.15, -0.1) is 0 Å². The molecule has 22 heavy (non-hydrogen) atoms. The number of nitrogens with one attached hydrogen (secondary N) is 1. The predicted octanol–water partition coefficient (Wildman–Crippen LogP) is 3.64. The number of ketones is 1. The number of benzene rings is 2. The van der Waals surface area contributed by atoms with Crippen LogP contribution in [0.15, 0.2) is 54.7 Å². The largest absolute Gasteiger partial charge is 0.478 e. The third-order valence-corrected chi connectivity index (χ3v) is 3.08. The van der Waals surface area contributed by atoms with Crippen molar-refractivity contribution in [2.75, 3.05) is 5.32 Å². The van der Waals surface area contributed by atoms with Gasteiger partial charge in [-0.2, -0.15) is 0 Å². The highest BCUT2D eigenvalue weighted by molar-refractivity contribution is 6.04. The molecule has 0 amide bonds. The molecule has 2 rings (SSSR count). The van der Waals surface area contributed by atoms with Crippen LogP contribution in [0.4, 0.5) is 10.1 Å². The number of allylic oxidation sites excluding steroid dienone is 1. The van der Waals surface area contributed by atoms with E-state index in [4.69, 9.17) is 5.11 Å². The van der Waals surface area contributed by atoms with E-state index in [1.54, 1.807) is 19.1 Å². The zero-order valence-corrected chi connectivity index (χ0v) is 11.8. The zero-order chi connectivity index (χ0) is 16.1. The lowest BCUT2D eigenvalue weighted by molar-refractivity contribution is 0.0696. The SMILES string of the molecule is Cc1cc(C(=O)O)ccc1N/C=C/C(=O)c1ccc(F)cc1. The van der Waals surface area contributed by atoms with Crippen molar-refractivity contribution in [3.63, 3.8) is 0 Å². The lowest BCUT2D eigenvalue weighted by Gasteiger charge is -2.06. The van der Waals surface area contributed by atoms with Crippen molar-refractivity contribution in [1.29, 1.82) is 0 Å². The molecule has 0 aliphatic heterocycles. The average Bonchev–Trinajstić information content (AvgIpc) is 2.49. The van der Waals surface area contributed by atoms with Gasteiger partial charge in [0.1, 0.15) is 5.82 Å². The molecule has 0 atom stereocenters. The molecule has 0 spiro atoms. The van der Waals surface area contributed by atoms with Crippen LogP contribution in [-0.4, -0.2) is 16.9 Å². The highest BCUT2D eigenvalue weighted by Gasteiger charge is 2.05. The maximum absolute atomic E-state index is 12.8. The number of hydrogen-bond donors (Lipinski definition) is 2. The third-order valence-electron chi connectivity index (χ3n) is 3.08. The van der Waals surface area contributed by atoms with Gasteiger partial charge in [-0.1, -0.05) is 0 Å². The van der Waals surface area contributed by atoms with Gasteiger partial charge >= 0.3 is 5.97 Å². The van der Waals surface area contributed by atoms with E-state index in [1.807, 2.05) is 0 Å². The molecule has 0 aliphatic rings. The number of carbonyl (C=O) groups is 2. The van der Waals surface area contributed by atoms with E-state index in [9.17, 15) is 14.0 Å². The molecule has 0 saturated heterocycles. The lowest BCUT2D eigenvalue weighted by atomic mass is 10.1. The number of carboxylic acid groups (broad SMARTS) is 1. The highest BCUT2D eigenvalue weighted by atomic mass is 19.1. The Morgan fingerprint density at radius 2 is 1.73 bits per heavy atom. The summed E-state index contributed by atoms with van der Waals surface area (Å²) in [5.74, 6) is -1.64. The van der Waals surface area contributed by atoms with E-state index in [0.29, 0.717) is 11.3 Å². The number of aromatic carboxylic acids is 1. The first-order chi connectivity index (χ1) is 10.5. The molecule has 0 fully saturated rings. The Morgan fingerprint density at radius 3 is 2.32 bits per heavy atom. The van der Waals surface area contributed by atoms with Crippen LogP contribution < -0.4 is 5.32 Å². The van der Waals surface area contributed by atoms with E-state index in [1.165, 1.54) is 42.6 Å².